The predicted octanol–water partition coefficient (Wildman–Crippen LogP) is 4.89. The van der Waals surface area contributed by atoms with E-state index in [2.05, 4.69) is 15.4 Å². The van der Waals surface area contributed by atoms with E-state index in [1.807, 2.05) is 0 Å². The molecule has 0 bridgehead atoms. The Bertz CT molecular complexity index is 1590. The van der Waals surface area contributed by atoms with Crippen LogP contribution in [-0.4, -0.2) is 34.0 Å². The molecular weight excluding hydrogens is 438 g/mol. The van der Waals surface area contributed by atoms with Gasteiger partial charge in [0.2, 0.25) is 6.08 Å². The van der Waals surface area contributed by atoms with Gasteiger partial charge in [-0.05, 0) is 62.8 Å². The van der Waals surface area contributed by atoms with E-state index in [0.29, 0.717) is 16.8 Å². The molecule has 2 aromatic heterocycles. The van der Waals surface area contributed by atoms with Crippen LogP contribution in [0, 0.1) is 19.5 Å². The van der Waals surface area contributed by atoms with Crippen molar-refractivity contribution in [3.8, 4) is 16.9 Å². The highest BCUT2D eigenvalue weighted by Gasteiger charge is 2.45. The number of nitrogens with one attached hydrogen (secondary N) is 1. The number of aromatic nitrogens is 3. The number of nitrogens with zero attached hydrogens (tertiary/aromatic N) is 3. The van der Waals surface area contributed by atoms with E-state index in [1.165, 1.54) is 0 Å². The van der Waals surface area contributed by atoms with E-state index in [9.17, 15) is 17.6 Å². The number of pyridine rings is 1. The standard InChI is InChI=1S/C23H25F4N5O/c1-13-3-4-18(24)14(2)20(13)21(23(25,26)27)33-19-9-15(10-30-22(19)28)16-11-31-32(12-16)17-5-7-29-8-6-17/h3-4,9-12,17,21,29H,5-8H2,1-2H3,(H2,28,30)/i1D3,2D3,5D2,6D2,17D,21D. The highest BCUT2D eigenvalue weighted by atomic mass is 19.4. The van der Waals surface area contributed by atoms with Crippen LogP contribution in [0.5, 0.6) is 5.75 Å². The Balaban J connectivity index is 1.89. The summed E-state index contributed by atoms with van der Waals surface area (Å²) >= 11 is 0. The number of ether oxygens (including phenoxy) is 1. The molecule has 176 valence electrons. The molecule has 0 radical (unpaired) electrons. The Hall–Kier alpha value is -3.14. The molecule has 3 N–H and O–H groups in total. The van der Waals surface area contributed by atoms with Gasteiger partial charge in [-0.1, -0.05) is 6.07 Å². The third kappa shape index (κ3) is 4.80. The van der Waals surface area contributed by atoms with Gasteiger partial charge in [-0.15, -0.1) is 0 Å². The van der Waals surface area contributed by atoms with E-state index in [0.717, 1.165) is 24.7 Å². The summed E-state index contributed by atoms with van der Waals surface area (Å²) in [5.74, 6) is -3.51. The molecule has 0 aliphatic carbocycles. The number of benzene rings is 1. The number of alkyl halides is 3. The Morgan fingerprint density at radius 1 is 1.30 bits per heavy atom. The number of hydrogen-bond donors (Lipinski definition) is 2. The average Bonchev–Trinajstić information content (AvgIpc) is 3.36. The molecule has 1 aliphatic rings. The number of rotatable bonds is 5. The monoisotopic (exact) mass is 475 g/mol. The molecule has 33 heavy (non-hydrogen) atoms. The summed E-state index contributed by atoms with van der Waals surface area (Å²) in [6.45, 7) is -7.92. The summed E-state index contributed by atoms with van der Waals surface area (Å²) in [6.07, 6.45) is -12.4. The van der Waals surface area contributed by atoms with Gasteiger partial charge in [-0.2, -0.15) is 18.3 Å². The van der Waals surface area contributed by atoms with Crippen LogP contribution in [0.1, 0.15) is 58.0 Å². The largest absolute Gasteiger partial charge is 0.472 e. The van der Waals surface area contributed by atoms with E-state index < -0.39 is 91.9 Å². The topological polar surface area (TPSA) is 78.0 Å². The van der Waals surface area contributed by atoms with Crippen LogP contribution in [0.3, 0.4) is 0 Å². The maximum absolute atomic E-state index is 14.9. The number of halogens is 4. The van der Waals surface area contributed by atoms with Crippen molar-refractivity contribution >= 4 is 5.82 Å². The Kier molecular flexibility index (Phi) is 3.37. The van der Waals surface area contributed by atoms with Crippen molar-refractivity contribution in [2.24, 2.45) is 0 Å². The molecular formula is C23H25F4N5O. The third-order valence-electron chi connectivity index (χ3n) is 4.64. The lowest BCUT2D eigenvalue weighted by Crippen LogP contribution is -2.29. The lowest BCUT2D eigenvalue weighted by molar-refractivity contribution is -0.198. The van der Waals surface area contributed by atoms with Crippen LogP contribution >= 0.6 is 0 Å². The second kappa shape index (κ2) is 9.01. The van der Waals surface area contributed by atoms with Gasteiger partial charge in [0.15, 0.2) is 11.6 Å². The molecule has 1 aliphatic heterocycles. The molecule has 3 heterocycles. The summed E-state index contributed by atoms with van der Waals surface area (Å²) in [4.78, 5) is 3.74. The minimum atomic E-state index is -5.89. The van der Waals surface area contributed by atoms with Gasteiger partial charge in [0.1, 0.15) is 5.82 Å². The quantitative estimate of drug-likeness (QED) is 0.514. The molecule has 1 saturated heterocycles. The van der Waals surface area contributed by atoms with Crippen LogP contribution in [0.25, 0.3) is 11.1 Å². The summed E-state index contributed by atoms with van der Waals surface area (Å²) in [7, 11) is 0. The van der Waals surface area contributed by atoms with Gasteiger partial charge in [-0.25, -0.2) is 9.37 Å². The molecule has 4 rings (SSSR count). The van der Waals surface area contributed by atoms with Crippen molar-refractivity contribution in [1.29, 1.82) is 0 Å². The first-order valence-corrected chi connectivity index (χ1v) is 9.39. The second-order valence-electron chi connectivity index (χ2n) is 6.86. The van der Waals surface area contributed by atoms with Crippen molar-refractivity contribution in [1.82, 2.24) is 20.1 Å². The zero-order chi connectivity index (χ0) is 34.2. The lowest BCUT2D eigenvalue weighted by Gasteiger charge is -2.26. The molecule has 0 amide bonds. The summed E-state index contributed by atoms with van der Waals surface area (Å²) in [5, 5.41) is 6.48. The number of hydrogen-bond acceptors (Lipinski definition) is 5. The fourth-order valence-corrected chi connectivity index (χ4v) is 3.04. The molecule has 6 nitrogen and oxygen atoms in total. The maximum Gasteiger partial charge on any atom is 0.429 e. The molecule has 3 aromatic rings. The van der Waals surface area contributed by atoms with E-state index >= 15 is 0 Å². The normalized spacial score (nSPS) is 27.2. The zero-order valence-electron chi connectivity index (χ0n) is 28.7. The third-order valence-corrected chi connectivity index (χ3v) is 4.64. The van der Waals surface area contributed by atoms with E-state index in [4.69, 9.17) is 26.9 Å². The maximum atomic E-state index is 14.9. The number of nitrogens with two attached hydrogens (primary N) is 1. The first kappa shape index (κ1) is 12.4. The number of nitrogen functional groups attached to an aromatic ring is 1. The molecule has 1 atom stereocenters. The Labute approximate surface area is 205 Å². The van der Waals surface area contributed by atoms with Gasteiger partial charge in [0.05, 0.1) is 15.0 Å². The minimum absolute atomic E-state index is 0.0381. The van der Waals surface area contributed by atoms with Crippen LogP contribution in [0.15, 0.2) is 36.8 Å². The Morgan fingerprint density at radius 2 is 2.09 bits per heavy atom. The van der Waals surface area contributed by atoms with Gasteiger partial charge < -0.3 is 15.8 Å². The zero-order valence-corrected chi connectivity index (χ0v) is 16.7. The fraction of sp³-hybridized carbons (Fsp3) is 0.391. The summed E-state index contributed by atoms with van der Waals surface area (Å²) in [5.41, 5.74) is 0.747. The molecule has 1 fully saturated rings. The van der Waals surface area contributed by atoms with Crippen molar-refractivity contribution in [2.45, 2.75) is 44.7 Å². The summed E-state index contributed by atoms with van der Waals surface area (Å²) in [6, 6.07) is -1.02. The number of piperidine rings is 1. The molecule has 0 spiro atoms. The number of aryl methyl sites for hydroxylation is 1. The van der Waals surface area contributed by atoms with Crippen LogP contribution < -0.4 is 15.8 Å². The first-order chi connectivity index (χ1) is 20.3. The van der Waals surface area contributed by atoms with Crippen molar-refractivity contribution in [2.75, 3.05) is 18.8 Å². The Morgan fingerprint density at radius 3 is 2.79 bits per heavy atom. The molecule has 1 aromatic carbocycles. The molecule has 0 saturated carbocycles. The minimum Gasteiger partial charge on any atom is -0.472 e. The fourth-order valence-electron chi connectivity index (χ4n) is 3.04. The molecule has 1 unspecified atom stereocenters. The number of anilines is 1. The van der Waals surface area contributed by atoms with Crippen LogP contribution in [0.2, 0.25) is 0 Å². The van der Waals surface area contributed by atoms with Crippen molar-refractivity contribution < 1.29 is 38.7 Å². The van der Waals surface area contributed by atoms with Crippen molar-refractivity contribution in [3.63, 3.8) is 0 Å². The first-order valence-electron chi connectivity index (χ1n) is 15.4. The second-order valence-corrected chi connectivity index (χ2v) is 6.86. The predicted molar refractivity (Wildman–Crippen MR) is 116 cm³/mol. The van der Waals surface area contributed by atoms with Crippen LogP contribution in [-0.2, 0) is 0 Å². The van der Waals surface area contributed by atoms with E-state index in [-0.39, 0.29) is 11.1 Å². The highest BCUT2D eigenvalue weighted by Crippen LogP contribution is 2.41. The van der Waals surface area contributed by atoms with Gasteiger partial charge in [-0.3, -0.25) is 4.68 Å². The summed E-state index contributed by atoms with van der Waals surface area (Å²) < 4.78 is 161. The average molecular weight is 476 g/mol. The smallest absolute Gasteiger partial charge is 0.429 e. The van der Waals surface area contributed by atoms with Crippen LogP contribution in [0.4, 0.5) is 23.4 Å². The highest BCUT2D eigenvalue weighted by molar-refractivity contribution is 5.66. The van der Waals surface area contributed by atoms with Crippen molar-refractivity contribution in [3.05, 3.63) is 59.3 Å². The van der Waals surface area contributed by atoms with Gasteiger partial charge in [0, 0.05) is 42.8 Å². The van der Waals surface area contributed by atoms with Gasteiger partial charge in [0.25, 0.3) is 0 Å². The van der Waals surface area contributed by atoms with E-state index in [1.54, 1.807) is 0 Å². The SMILES string of the molecule is [2H]C([2H])([2H])c1ccc(F)c(C([2H])([2H])[2H])c1C([2H])(Oc1cc(-c2cnn(C3([2H])C([2H])([2H])CNCC3([2H])[2H])c2)cnc1N)C(F)(F)F. The lowest BCUT2D eigenvalue weighted by atomic mass is 9.97. The van der Waals surface area contributed by atoms with Gasteiger partial charge >= 0.3 is 6.18 Å². The molecule has 10 heteroatoms.